The summed E-state index contributed by atoms with van der Waals surface area (Å²) in [6.07, 6.45) is 8.49. The molecule has 1 aliphatic rings. The highest BCUT2D eigenvalue weighted by Crippen LogP contribution is 2.26. The van der Waals surface area contributed by atoms with Crippen molar-refractivity contribution in [2.75, 3.05) is 13.6 Å². The molecule has 1 aliphatic carbocycles. The van der Waals surface area contributed by atoms with E-state index in [1.165, 1.54) is 38.6 Å². The summed E-state index contributed by atoms with van der Waals surface area (Å²) in [5.74, 6) is 0.938. The minimum Gasteiger partial charge on any atom is -0.303 e. The van der Waals surface area contributed by atoms with Crippen LogP contribution in [0.4, 0.5) is 0 Å². The smallest absolute Gasteiger partial charge is 0.0621 e. The van der Waals surface area contributed by atoms with Crippen LogP contribution in [0.25, 0.3) is 0 Å². The second-order valence-corrected chi connectivity index (χ2v) is 5.01. The van der Waals surface area contributed by atoms with Crippen LogP contribution >= 0.6 is 0 Å². The highest BCUT2D eigenvalue weighted by Gasteiger charge is 2.20. The van der Waals surface area contributed by atoms with Gasteiger partial charge in [0.05, 0.1) is 6.07 Å². The Labute approximate surface area is 94.3 Å². The van der Waals surface area contributed by atoms with Crippen LogP contribution in [0.2, 0.25) is 0 Å². The number of unbranched alkanes of at least 4 members (excludes halogenated alkanes) is 2. The Morgan fingerprint density at radius 2 is 1.87 bits per heavy atom. The molecule has 0 spiro atoms. The molecule has 0 aromatic carbocycles. The molecular formula is C13H24N2. The summed E-state index contributed by atoms with van der Waals surface area (Å²) >= 11 is 0. The first-order valence-corrected chi connectivity index (χ1v) is 6.31. The fraction of sp³-hybridized carbons (Fsp3) is 0.923. The molecule has 15 heavy (non-hydrogen) atoms. The molecule has 0 heterocycles. The van der Waals surface area contributed by atoms with Gasteiger partial charge < -0.3 is 4.90 Å². The van der Waals surface area contributed by atoms with E-state index >= 15 is 0 Å². The molecule has 86 valence electrons. The largest absolute Gasteiger partial charge is 0.303 e. The van der Waals surface area contributed by atoms with Crippen molar-refractivity contribution in [3.8, 4) is 6.07 Å². The monoisotopic (exact) mass is 208 g/mol. The van der Waals surface area contributed by atoms with Gasteiger partial charge in [0.25, 0.3) is 0 Å². The molecular weight excluding hydrogens is 184 g/mol. The first-order valence-electron chi connectivity index (χ1n) is 6.31. The standard InChI is InChI=1S/C13H24N2/c1-12-6-8-13(9-7-12)15(2)11-5-3-4-10-14/h12-13H,3-9,11H2,1-2H3. The van der Waals surface area contributed by atoms with Gasteiger partial charge in [-0.1, -0.05) is 6.92 Å². The van der Waals surface area contributed by atoms with Crippen LogP contribution in [-0.2, 0) is 0 Å². The van der Waals surface area contributed by atoms with E-state index in [1.807, 2.05) is 0 Å². The lowest BCUT2D eigenvalue weighted by Gasteiger charge is -2.33. The maximum absolute atomic E-state index is 8.45. The van der Waals surface area contributed by atoms with Crippen molar-refractivity contribution in [2.45, 2.75) is 57.9 Å². The van der Waals surface area contributed by atoms with Gasteiger partial charge in [-0.2, -0.15) is 5.26 Å². The fourth-order valence-corrected chi connectivity index (χ4v) is 2.43. The Morgan fingerprint density at radius 3 is 2.47 bits per heavy atom. The average molecular weight is 208 g/mol. The van der Waals surface area contributed by atoms with Crippen LogP contribution in [0.3, 0.4) is 0 Å². The van der Waals surface area contributed by atoms with Crippen LogP contribution in [0, 0.1) is 17.2 Å². The molecule has 0 saturated heterocycles. The topological polar surface area (TPSA) is 27.0 Å². The number of hydrogen-bond donors (Lipinski definition) is 0. The van der Waals surface area contributed by atoms with Gasteiger partial charge >= 0.3 is 0 Å². The molecule has 2 nitrogen and oxygen atoms in total. The summed E-state index contributed by atoms with van der Waals surface area (Å²) in [6.45, 7) is 3.53. The van der Waals surface area contributed by atoms with E-state index in [0.717, 1.165) is 24.8 Å². The van der Waals surface area contributed by atoms with E-state index in [9.17, 15) is 0 Å². The zero-order chi connectivity index (χ0) is 11.1. The van der Waals surface area contributed by atoms with Gasteiger partial charge in [-0.25, -0.2) is 0 Å². The third-order valence-electron chi connectivity index (χ3n) is 3.66. The van der Waals surface area contributed by atoms with Gasteiger partial charge in [-0.05, 0) is 58.0 Å². The Morgan fingerprint density at radius 1 is 1.20 bits per heavy atom. The molecule has 0 aromatic rings. The van der Waals surface area contributed by atoms with Gasteiger partial charge in [0.15, 0.2) is 0 Å². The van der Waals surface area contributed by atoms with Crippen molar-refractivity contribution in [2.24, 2.45) is 5.92 Å². The molecule has 0 aliphatic heterocycles. The van der Waals surface area contributed by atoms with Crippen molar-refractivity contribution < 1.29 is 0 Å². The molecule has 0 unspecified atom stereocenters. The first-order chi connectivity index (χ1) is 7.24. The van der Waals surface area contributed by atoms with Crippen LogP contribution in [-0.4, -0.2) is 24.5 Å². The zero-order valence-corrected chi connectivity index (χ0v) is 10.2. The van der Waals surface area contributed by atoms with Crippen molar-refractivity contribution >= 4 is 0 Å². The van der Waals surface area contributed by atoms with E-state index < -0.39 is 0 Å². The Hall–Kier alpha value is -0.550. The summed E-state index contributed by atoms with van der Waals surface area (Å²) in [5, 5.41) is 8.45. The van der Waals surface area contributed by atoms with Crippen molar-refractivity contribution in [1.82, 2.24) is 4.90 Å². The van der Waals surface area contributed by atoms with Crippen LogP contribution in [0.15, 0.2) is 0 Å². The number of rotatable bonds is 5. The highest BCUT2D eigenvalue weighted by atomic mass is 15.1. The van der Waals surface area contributed by atoms with Gasteiger partial charge in [0, 0.05) is 12.5 Å². The van der Waals surface area contributed by atoms with E-state index in [2.05, 4.69) is 24.9 Å². The van der Waals surface area contributed by atoms with Gasteiger partial charge in [0.1, 0.15) is 0 Å². The number of hydrogen-bond acceptors (Lipinski definition) is 2. The zero-order valence-electron chi connectivity index (χ0n) is 10.2. The average Bonchev–Trinajstić information content (AvgIpc) is 2.25. The van der Waals surface area contributed by atoms with E-state index in [0.29, 0.717) is 0 Å². The highest BCUT2D eigenvalue weighted by molar-refractivity contribution is 4.77. The lowest BCUT2D eigenvalue weighted by Crippen LogP contribution is -2.35. The fourth-order valence-electron chi connectivity index (χ4n) is 2.43. The molecule has 0 N–H and O–H groups in total. The minimum atomic E-state index is 0.718. The lowest BCUT2D eigenvalue weighted by molar-refractivity contribution is 0.168. The summed E-state index contributed by atoms with van der Waals surface area (Å²) in [7, 11) is 2.24. The van der Waals surface area contributed by atoms with Gasteiger partial charge in [-0.15, -0.1) is 0 Å². The van der Waals surface area contributed by atoms with E-state index in [1.54, 1.807) is 0 Å². The number of nitrogens with zero attached hydrogens (tertiary/aromatic N) is 2. The second kappa shape index (κ2) is 6.85. The van der Waals surface area contributed by atoms with Crippen molar-refractivity contribution in [1.29, 1.82) is 5.26 Å². The number of nitriles is 1. The van der Waals surface area contributed by atoms with Crippen LogP contribution in [0.1, 0.15) is 51.9 Å². The maximum Gasteiger partial charge on any atom is 0.0621 e. The predicted octanol–water partition coefficient (Wildman–Crippen LogP) is 3.19. The summed E-state index contributed by atoms with van der Waals surface area (Å²) in [5.41, 5.74) is 0. The minimum absolute atomic E-state index is 0.718. The molecule has 0 bridgehead atoms. The predicted molar refractivity (Wildman–Crippen MR) is 63.5 cm³/mol. The van der Waals surface area contributed by atoms with Crippen molar-refractivity contribution in [3.63, 3.8) is 0 Å². The van der Waals surface area contributed by atoms with Gasteiger partial charge in [-0.3, -0.25) is 0 Å². The third-order valence-corrected chi connectivity index (χ3v) is 3.66. The molecule has 2 heteroatoms. The maximum atomic E-state index is 8.45. The quantitative estimate of drug-likeness (QED) is 0.649. The van der Waals surface area contributed by atoms with Crippen LogP contribution < -0.4 is 0 Å². The van der Waals surface area contributed by atoms with E-state index in [4.69, 9.17) is 5.26 Å². The van der Waals surface area contributed by atoms with Crippen molar-refractivity contribution in [3.05, 3.63) is 0 Å². The Bertz CT molecular complexity index is 199. The molecule has 1 saturated carbocycles. The Kier molecular flexibility index (Phi) is 5.71. The molecule has 1 fully saturated rings. The van der Waals surface area contributed by atoms with Gasteiger partial charge in [0.2, 0.25) is 0 Å². The Balaban J connectivity index is 2.11. The van der Waals surface area contributed by atoms with Crippen LogP contribution in [0.5, 0.6) is 0 Å². The summed E-state index contributed by atoms with van der Waals surface area (Å²) < 4.78 is 0. The second-order valence-electron chi connectivity index (χ2n) is 5.01. The summed E-state index contributed by atoms with van der Waals surface area (Å²) in [6, 6.07) is 3.02. The molecule has 1 rings (SSSR count). The lowest BCUT2D eigenvalue weighted by atomic mass is 9.87. The molecule has 0 radical (unpaired) electrons. The first kappa shape index (κ1) is 12.5. The molecule has 0 atom stereocenters. The third kappa shape index (κ3) is 4.66. The molecule has 0 aromatic heterocycles. The SMILES string of the molecule is CC1CCC(N(C)CCCCC#N)CC1. The molecule has 0 amide bonds. The summed E-state index contributed by atoms with van der Waals surface area (Å²) in [4.78, 5) is 2.50. The van der Waals surface area contributed by atoms with E-state index in [-0.39, 0.29) is 0 Å². The normalized spacial score (nSPS) is 26.5.